The van der Waals surface area contributed by atoms with Gasteiger partial charge in [0.2, 0.25) is 5.91 Å². The fourth-order valence-corrected chi connectivity index (χ4v) is 4.21. The summed E-state index contributed by atoms with van der Waals surface area (Å²) >= 11 is 1.98. The highest BCUT2D eigenvalue weighted by molar-refractivity contribution is 7.99. The first-order chi connectivity index (χ1) is 11.2. The molecule has 6 nitrogen and oxygen atoms in total. The molecule has 0 atom stereocenters. The Morgan fingerprint density at radius 1 is 1.04 bits per heavy atom. The highest BCUT2D eigenvalue weighted by Crippen LogP contribution is 2.28. The summed E-state index contributed by atoms with van der Waals surface area (Å²) in [4.78, 5) is 23.4. The quantitative estimate of drug-likeness (QED) is 0.589. The predicted octanol–water partition coefficient (Wildman–Crippen LogP) is 0.294. The van der Waals surface area contributed by atoms with Gasteiger partial charge in [0.05, 0.1) is 6.54 Å². The third kappa shape index (κ3) is 4.53. The molecular weight excluding hydrogens is 310 g/mol. The van der Waals surface area contributed by atoms with Gasteiger partial charge in [0.25, 0.3) is 0 Å². The highest BCUT2D eigenvalue weighted by atomic mass is 32.2. The standard InChI is InChI=1S/C16H29N5OS/c17-16(21-10-12-23-13-11-21)18-4-5-19-6-8-20(9-7-19)15(22)14-2-1-3-14/h14H,1-13H2,(H2,17,18). The lowest BCUT2D eigenvalue weighted by molar-refractivity contribution is -0.139. The lowest BCUT2D eigenvalue weighted by Gasteiger charge is -2.38. The van der Waals surface area contributed by atoms with Gasteiger partial charge in [0, 0.05) is 63.2 Å². The molecule has 0 aromatic heterocycles. The van der Waals surface area contributed by atoms with Crippen LogP contribution in [0.15, 0.2) is 4.99 Å². The molecular formula is C16H29N5OS. The Bertz CT molecular complexity index is 426. The van der Waals surface area contributed by atoms with E-state index in [2.05, 4.69) is 19.7 Å². The van der Waals surface area contributed by atoms with Crippen molar-refractivity contribution in [2.45, 2.75) is 19.3 Å². The largest absolute Gasteiger partial charge is 0.370 e. The lowest BCUT2D eigenvalue weighted by atomic mass is 9.84. The Hall–Kier alpha value is -0.950. The van der Waals surface area contributed by atoms with Crippen LogP contribution in [0.1, 0.15) is 19.3 Å². The number of piperazine rings is 1. The van der Waals surface area contributed by atoms with Crippen molar-refractivity contribution < 1.29 is 4.79 Å². The Labute approximate surface area is 143 Å². The zero-order valence-corrected chi connectivity index (χ0v) is 14.8. The van der Waals surface area contributed by atoms with Crippen molar-refractivity contribution in [1.29, 1.82) is 0 Å². The van der Waals surface area contributed by atoms with Gasteiger partial charge in [-0.25, -0.2) is 0 Å². The molecule has 1 aliphatic carbocycles. The fraction of sp³-hybridized carbons (Fsp3) is 0.875. The molecule has 2 heterocycles. The SMILES string of the molecule is NC(=NCCN1CCN(C(=O)C2CCC2)CC1)N1CCSCC1. The van der Waals surface area contributed by atoms with Crippen LogP contribution in [0, 0.1) is 5.92 Å². The van der Waals surface area contributed by atoms with E-state index in [1.807, 2.05) is 11.8 Å². The van der Waals surface area contributed by atoms with Crippen molar-refractivity contribution >= 4 is 23.6 Å². The Kier molecular flexibility index (Phi) is 6.05. The van der Waals surface area contributed by atoms with E-state index in [4.69, 9.17) is 5.73 Å². The van der Waals surface area contributed by atoms with Gasteiger partial charge in [-0.05, 0) is 12.8 Å². The van der Waals surface area contributed by atoms with Crippen LogP contribution in [0.5, 0.6) is 0 Å². The van der Waals surface area contributed by atoms with E-state index in [9.17, 15) is 4.79 Å². The number of nitrogens with two attached hydrogens (primary N) is 1. The van der Waals surface area contributed by atoms with Crippen LogP contribution in [0.3, 0.4) is 0 Å². The van der Waals surface area contributed by atoms with Crippen LogP contribution in [0.4, 0.5) is 0 Å². The van der Waals surface area contributed by atoms with Gasteiger partial charge in [-0.3, -0.25) is 14.7 Å². The molecule has 1 saturated carbocycles. The highest BCUT2D eigenvalue weighted by Gasteiger charge is 2.30. The normalized spacial score (nSPS) is 24.6. The molecule has 0 aromatic rings. The van der Waals surface area contributed by atoms with E-state index in [-0.39, 0.29) is 0 Å². The smallest absolute Gasteiger partial charge is 0.225 e. The van der Waals surface area contributed by atoms with Crippen molar-refractivity contribution in [3.05, 3.63) is 0 Å². The minimum absolute atomic E-state index is 0.327. The van der Waals surface area contributed by atoms with E-state index in [1.54, 1.807) is 0 Å². The summed E-state index contributed by atoms with van der Waals surface area (Å²) in [6, 6.07) is 0. The molecule has 0 unspecified atom stereocenters. The summed E-state index contributed by atoms with van der Waals surface area (Å²) in [5.74, 6) is 3.71. The zero-order valence-electron chi connectivity index (χ0n) is 14.0. The zero-order chi connectivity index (χ0) is 16.1. The van der Waals surface area contributed by atoms with Crippen molar-refractivity contribution in [2.24, 2.45) is 16.6 Å². The van der Waals surface area contributed by atoms with Crippen LogP contribution in [-0.4, -0.2) is 90.4 Å². The Balaban J connectivity index is 1.34. The number of hydrogen-bond donors (Lipinski definition) is 1. The van der Waals surface area contributed by atoms with Crippen molar-refractivity contribution in [2.75, 3.05) is 63.9 Å². The van der Waals surface area contributed by atoms with Crippen LogP contribution in [0.25, 0.3) is 0 Å². The van der Waals surface area contributed by atoms with E-state index in [0.29, 0.717) is 17.8 Å². The first-order valence-corrected chi connectivity index (χ1v) is 10.0. The van der Waals surface area contributed by atoms with Crippen molar-refractivity contribution in [3.8, 4) is 0 Å². The van der Waals surface area contributed by atoms with E-state index < -0.39 is 0 Å². The molecule has 130 valence electrons. The molecule has 2 N–H and O–H groups in total. The average Bonchev–Trinajstić information content (AvgIpc) is 2.54. The van der Waals surface area contributed by atoms with Gasteiger partial charge in [-0.1, -0.05) is 6.42 Å². The number of aliphatic imine (C=N–C) groups is 1. The van der Waals surface area contributed by atoms with Gasteiger partial charge in [-0.15, -0.1) is 0 Å². The second-order valence-corrected chi connectivity index (χ2v) is 7.86. The van der Waals surface area contributed by atoms with Gasteiger partial charge in [-0.2, -0.15) is 11.8 Å². The van der Waals surface area contributed by atoms with Gasteiger partial charge in [0.15, 0.2) is 5.96 Å². The first kappa shape index (κ1) is 16.9. The number of thioether (sulfide) groups is 1. The van der Waals surface area contributed by atoms with E-state index >= 15 is 0 Å². The summed E-state index contributed by atoms with van der Waals surface area (Å²) in [5, 5.41) is 0. The number of carbonyl (C=O) groups is 1. The number of carbonyl (C=O) groups excluding carboxylic acids is 1. The summed E-state index contributed by atoms with van der Waals surface area (Å²) in [5.41, 5.74) is 6.08. The maximum absolute atomic E-state index is 12.2. The van der Waals surface area contributed by atoms with Gasteiger partial charge < -0.3 is 15.5 Å². The second kappa shape index (κ2) is 8.24. The molecule has 2 saturated heterocycles. The minimum atomic E-state index is 0.327. The molecule has 1 amide bonds. The monoisotopic (exact) mass is 339 g/mol. The van der Waals surface area contributed by atoms with E-state index in [1.165, 1.54) is 6.42 Å². The first-order valence-electron chi connectivity index (χ1n) is 8.88. The van der Waals surface area contributed by atoms with Crippen LogP contribution in [-0.2, 0) is 4.79 Å². The van der Waals surface area contributed by atoms with Crippen LogP contribution in [0.2, 0.25) is 0 Å². The maximum atomic E-state index is 12.2. The molecule has 0 spiro atoms. The second-order valence-electron chi connectivity index (χ2n) is 6.63. The molecule has 2 aliphatic heterocycles. The number of nitrogens with zero attached hydrogens (tertiary/aromatic N) is 4. The molecule has 0 aromatic carbocycles. The minimum Gasteiger partial charge on any atom is -0.370 e. The van der Waals surface area contributed by atoms with Crippen LogP contribution >= 0.6 is 11.8 Å². The third-order valence-corrected chi connectivity index (χ3v) is 6.11. The summed E-state index contributed by atoms with van der Waals surface area (Å²) < 4.78 is 0. The molecule has 23 heavy (non-hydrogen) atoms. The summed E-state index contributed by atoms with van der Waals surface area (Å²) in [7, 11) is 0. The molecule has 0 radical (unpaired) electrons. The summed E-state index contributed by atoms with van der Waals surface area (Å²) in [6.45, 7) is 7.41. The number of hydrogen-bond acceptors (Lipinski definition) is 4. The molecule has 3 aliphatic rings. The topological polar surface area (TPSA) is 65.2 Å². The fourth-order valence-electron chi connectivity index (χ4n) is 3.30. The molecule has 0 bridgehead atoms. The molecule has 3 fully saturated rings. The van der Waals surface area contributed by atoms with E-state index in [0.717, 1.165) is 76.7 Å². The van der Waals surface area contributed by atoms with Crippen molar-refractivity contribution in [3.63, 3.8) is 0 Å². The average molecular weight is 340 g/mol. The summed E-state index contributed by atoms with van der Waals surface area (Å²) in [6.07, 6.45) is 3.43. The predicted molar refractivity (Wildman–Crippen MR) is 95.7 cm³/mol. The lowest BCUT2D eigenvalue weighted by Crippen LogP contribution is -2.51. The van der Waals surface area contributed by atoms with Gasteiger partial charge in [0.1, 0.15) is 0 Å². The molecule has 3 rings (SSSR count). The number of guanidine groups is 1. The number of amides is 1. The third-order valence-electron chi connectivity index (χ3n) is 5.16. The molecule has 7 heteroatoms. The van der Waals surface area contributed by atoms with Crippen LogP contribution < -0.4 is 5.73 Å². The number of rotatable bonds is 4. The van der Waals surface area contributed by atoms with Gasteiger partial charge >= 0.3 is 0 Å². The maximum Gasteiger partial charge on any atom is 0.225 e. The van der Waals surface area contributed by atoms with Crippen molar-refractivity contribution in [1.82, 2.24) is 14.7 Å². The Morgan fingerprint density at radius 3 is 2.35 bits per heavy atom. The Morgan fingerprint density at radius 2 is 1.74 bits per heavy atom.